The Morgan fingerprint density at radius 3 is 2.51 bits per heavy atom. The number of hydrogen-bond donors (Lipinski definition) is 5. The van der Waals surface area contributed by atoms with Gasteiger partial charge in [0.25, 0.3) is 0 Å². The molecule has 8 heteroatoms. The summed E-state index contributed by atoms with van der Waals surface area (Å²) in [6.07, 6.45) is 35.2. The molecule has 3 aromatic rings. The first-order chi connectivity index (χ1) is 40.3. The Labute approximate surface area is 500 Å². The number of carboxylic acid groups (broad SMARTS) is 1. The minimum atomic E-state index is -0.969. The van der Waals surface area contributed by atoms with Crippen molar-refractivity contribution in [2.45, 2.75) is 141 Å². The van der Waals surface area contributed by atoms with Crippen LogP contribution in [0.15, 0.2) is 150 Å². The van der Waals surface area contributed by atoms with Gasteiger partial charge in [-0.05, 0) is 186 Å². The zero-order valence-corrected chi connectivity index (χ0v) is 50.7. The van der Waals surface area contributed by atoms with Crippen molar-refractivity contribution in [1.29, 1.82) is 0 Å². The third-order valence-electron chi connectivity index (χ3n) is 26.3. The highest BCUT2D eigenvalue weighted by molar-refractivity contribution is 8.76. The molecule has 0 amide bonds. The van der Waals surface area contributed by atoms with Gasteiger partial charge < -0.3 is 26.0 Å². The number of benzene rings is 3. The lowest BCUT2D eigenvalue weighted by Crippen LogP contribution is -2.73. The number of aliphatic hydroxyl groups is 2. The lowest BCUT2D eigenvalue weighted by molar-refractivity contribution is -0.200. The summed E-state index contributed by atoms with van der Waals surface area (Å²) in [5.74, 6) is 3.36. The molecule has 0 aromatic heterocycles. The third kappa shape index (κ3) is 7.40. The number of hydrogen-bond acceptors (Lipinski definition) is 7. The average Bonchev–Trinajstić information content (AvgIpc) is 1.69. The number of dihydropyridines is 1. The van der Waals surface area contributed by atoms with E-state index in [1.807, 2.05) is 10.8 Å². The minimum Gasteiger partial charge on any atom is -0.481 e. The van der Waals surface area contributed by atoms with Crippen LogP contribution in [0.25, 0.3) is 17.2 Å². The Morgan fingerprint density at radius 2 is 1.66 bits per heavy atom. The van der Waals surface area contributed by atoms with Gasteiger partial charge in [-0.25, -0.2) is 0 Å². The van der Waals surface area contributed by atoms with E-state index in [-0.39, 0.29) is 40.4 Å². The lowest BCUT2D eigenvalue weighted by atomic mass is 9.26. The van der Waals surface area contributed by atoms with E-state index in [9.17, 15) is 20.1 Å². The second-order valence-corrected chi connectivity index (χ2v) is 31.7. The maximum absolute atomic E-state index is 14.9. The molecule has 83 heavy (non-hydrogen) atoms. The summed E-state index contributed by atoms with van der Waals surface area (Å²) in [6, 6.07) is 27.9. The van der Waals surface area contributed by atoms with E-state index in [1.165, 1.54) is 87.1 Å². The summed E-state index contributed by atoms with van der Waals surface area (Å²) >= 11 is 0. The van der Waals surface area contributed by atoms with E-state index in [0.29, 0.717) is 37.0 Å². The van der Waals surface area contributed by atoms with Crippen molar-refractivity contribution in [1.82, 2.24) is 10.6 Å². The quantitative estimate of drug-likeness (QED) is 0.128. The highest BCUT2D eigenvalue weighted by Crippen LogP contribution is 2.88. The molecule has 0 radical (unpaired) electrons. The topological polar surface area (TPSA) is 102 Å². The second-order valence-electron chi connectivity index (χ2n) is 29.2. The highest BCUT2D eigenvalue weighted by Gasteiger charge is 2.83. The van der Waals surface area contributed by atoms with Gasteiger partial charge in [0.05, 0.1) is 23.9 Å². The van der Waals surface area contributed by atoms with Gasteiger partial charge in [0.15, 0.2) is 0 Å². The van der Waals surface area contributed by atoms with Gasteiger partial charge in [-0.2, -0.15) is 0 Å². The summed E-state index contributed by atoms with van der Waals surface area (Å²) < 4.78 is 0. The van der Waals surface area contributed by atoms with Crippen LogP contribution in [0.1, 0.15) is 132 Å². The van der Waals surface area contributed by atoms with Crippen molar-refractivity contribution in [2.75, 3.05) is 18.8 Å². The molecular weight excluding hydrogens is 1060 g/mol. The van der Waals surface area contributed by atoms with Crippen LogP contribution in [0.3, 0.4) is 0 Å². The Hall–Kier alpha value is -4.73. The lowest BCUT2D eigenvalue weighted by Gasteiger charge is -2.77. The molecule has 4 saturated carbocycles. The van der Waals surface area contributed by atoms with Crippen LogP contribution < -0.4 is 21.1 Å². The molecule has 432 valence electrons. The van der Waals surface area contributed by atoms with Crippen LogP contribution in [0.2, 0.25) is 0 Å². The molecule has 7 aliphatic heterocycles. The number of aliphatic carboxylic acids is 1. The molecule has 16 unspecified atom stereocenters. The summed E-state index contributed by atoms with van der Waals surface area (Å²) in [4.78, 5) is 14.9. The molecule has 16 atom stereocenters. The van der Waals surface area contributed by atoms with E-state index in [1.54, 1.807) is 11.1 Å². The maximum Gasteiger partial charge on any atom is 0.307 e. The summed E-state index contributed by atoms with van der Waals surface area (Å²) in [7, 11) is 4.08. The van der Waals surface area contributed by atoms with Crippen LogP contribution in [-0.4, -0.2) is 52.3 Å². The molecular formula is C75H86N2O4S2. The van der Waals surface area contributed by atoms with Gasteiger partial charge in [0.2, 0.25) is 0 Å². The number of carboxylic acids is 1. The molecule has 18 bridgehead atoms. The number of rotatable bonds is 2. The van der Waals surface area contributed by atoms with Crippen LogP contribution in [0.5, 0.6) is 0 Å². The summed E-state index contributed by atoms with van der Waals surface area (Å²) in [5.41, 5.74) is 11.2. The van der Waals surface area contributed by atoms with Crippen molar-refractivity contribution >= 4 is 44.8 Å². The van der Waals surface area contributed by atoms with Crippen molar-refractivity contribution in [2.24, 2.45) is 85.8 Å². The molecule has 5 N–H and O–H groups in total. The molecule has 17 aliphatic rings. The smallest absolute Gasteiger partial charge is 0.307 e. The van der Waals surface area contributed by atoms with E-state index in [4.69, 9.17) is 6.58 Å². The van der Waals surface area contributed by atoms with E-state index < -0.39 is 45.8 Å². The Bertz CT molecular complexity index is 3560. The van der Waals surface area contributed by atoms with Gasteiger partial charge in [-0.1, -0.05) is 193 Å². The predicted octanol–water partition coefficient (Wildman–Crippen LogP) is 13.6. The average molecular weight is 1140 g/mol. The van der Waals surface area contributed by atoms with Crippen molar-refractivity contribution in [3.05, 3.63) is 183 Å². The molecule has 7 heterocycles. The Balaban J connectivity index is 0.955. The largest absolute Gasteiger partial charge is 0.481 e. The molecule has 4 fully saturated rings. The standard InChI is InChI=1S/C75H86N2O4S2/c1-45-23-25-59(68(80)81)75-32-27-56-53-36-49-17-7-8-19-52(49)43-82-83-44-63-67-62(38-60(56)71(75,3)73(67,39-53)41-65(75)79)74-31-28-64(78)70(2)29-13-30-72(63,69(70)74)40-58-57(55-21-10-9-18-50(55)37-61(58)74)35-46-14-11-20-48(34-46)51-24-26-66(77-42-51)76-33-12-22-54(45)47-15-5-4-6-16-47/h7-11,13-14,17-21,24,26-27,30,32,34,37,40,47,53-54,56,59-61,63-65,69,76-79H,1,4-6,12,15-16,22-23,25,28-29,31,33,35-36,38-39,41-44H2,2-3H3,(H,80,81). The van der Waals surface area contributed by atoms with E-state index in [2.05, 4.69) is 157 Å². The Kier molecular flexibility index (Phi) is 12.7. The number of nitrogens with one attached hydrogen (secondary N) is 2. The first-order valence-electron chi connectivity index (χ1n) is 32.5. The second kappa shape index (κ2) is 19.6. The maximum atomic E-state index is 14.9. The monoisotopic (exact) mass is 1140 g/mol. The number of fused-ring (bicyclic) bond motifs is 4. The number of allylic oxidation sites excluding steroid dienone is 10. The van der Waals surface area contributed by atoms with Gasteiger partial charge in [-0.3, -0.25) is 4.79 Å². The fourth-order valence-corrected chi connectivity index (χ4v) is 25.7. The summed E-state index contributed by atoms with van der Waals surface area (Å²) in [6.45, 7) is 11.6. The van der Waals surface area contributed by atoms with Crippen molar-refractivity contribution in [3.63, 3.8) is 0 Å². The number of aliphatic hydroxyl groups excluding tert-OH is 2. The van der Waals surface area contributed by atoms with Crippen molar-refractivity contribution in [3.8, 4) is 0 Å². The molecule has 20 rings (SSSR count). The fraction of sp³-hybridized carbons (Fsp3) is 0.533. The minimum absolute atomic E-state index is 0.0825. The van der Waals surface area contributed by atoms with Crippen LogP contribution in [0.4, 0.5) is 0 Å². The van der Waals surface area contributed by atoms with Crippen LogP contribution in [-0.2, 0) is 23.4 Å². The predicted molar refractivity (Wildman–Crippen MR) is 338 cm³/mol. The van der Waals surface area contributed by atoms with Crippen LogP contribution in [0, 0.1) is 85.8 Å². The Morgan fingerprint density at radius 1 is 0.819 bits per heavy atom. The zero-order chi connectivity index (χ0) is 56.3. The van der Waals surface area contributed by atoms with Crippen LogP contribution >= 0.6 is 21.6 Å². The molecule has 0 saturated heterocycles. The number of carbonyl (C=O) groups is 1. The molecule has 6 nitrogen and oxygen atoms in total. The zero-order valence-electron chi connectivity index (χ0n) is 49.0. The normalized spacial score (nSPS) is 42.0. The third-order valence-corrected chi connectivity index (χ3v) is 28.7. The molecule has 3 spiro atoms. The van der Waals surface area contributed by atoms with Gasteiger partial charge >= 0.3 is 5.97 Å². The van der Waals surface area contributed by atoms with Crippen molar-refractivity contribution < 1.29 is 20.1 Å². The molecule has 10 aliphatic carbocycles. The summed E-state index contributed by atoms with van der Waals surface area (Å²) in [5, 5.41) is 49.3. The van der Waals surface area contributed by atoms with Gasteiger partial charge in [-0.15, -0.1) is 0 Å². The van der Waals surface area contributed by atoms with Gasteiger partial charge in [0.1, 0.15) is 0 Å². The molecule has 3 aromatic carbocycles. The van der Waals surface area contributed by atoms with E-state index in [0.717, 1.165) is 88.2 Å². The van der Waals surface area contributed by atoms with Gasteiger partial charge in [0, 0.05) is 63.5 Å². The SMILES string of the molecule is C=C1CCC(C(=O)O)C23C=CC4C5Cc6ccccc6CSSCC6C7=C(CC4C2(C)C7(C5)CC3O)C23CCC(O)C4(C)CC=CC6(C=C5C(=c6ccccc6=CC52)Cc2cccc(c2)C2=CC=C(NCCCC1C1CCCCC1)NC2)C43. The van der Waals surface area contributed by atoms with E-state index >= 15 is 0 Å². The highest BCUT2D eigenvalue weighted by atomic mass is 33.1. The fourth-order valence-electron chi connectivity index (χ4n) is 23.2. The first kappa shape index (κ1) is 53.7. The first-order valence-corrected chi connectivity index (χ1v) is 35.0.